The van der Waals surface area contributed by atoms with Gasteiger partial charge in [0.25, 0.3) is 0 Å². The SMILES string of the molecule is CCC(CCC(C)C(=O)N1CCCCC1)C(=O)N1CCCC1. The first-order chi connectivity index (χ1) is 10.6. The number of carbonyl (C=O) groups excluding carboxylic acids is 2. The number of rotatable bonds is 6. The highest BCUT2D eigenvalue weighted by Crippen LogP contribution is 2.22. The summed E-state index contributed by atoms with van der Waals surface area (Å²) < 4.78 is 0. The Labute approximate surface area is 135 Å². The molecule has 4 heteroatoms. The van der Waals surface area contributed by atoms with E-state index >= 15 is 0 Å². The molecule has 2 aliphatic heterocycles. The summed E-state index contributed by atoms with van der Waals surface area (Å²) in [4.78, 5) is 29.0. The van der Waals surface area contributed by atoms with E-state index in [1.165, 1.54) is 6.42 Å². The quantitative estimate of drug-likeness (QED) is 0.756. The fraction of sp³-hybridized carbons (Fsp3) is 0.889. The van der Waals surface area contributed by atoms with Crippen molar-refractivity contribution in [2.24, 2.45) is 11.8 Å². The second-order valence-corrected chi connectivity index (χ2v) is 7.00. The molecule has 2 rings (SSSR count). The Morgan fingerprint density at radius 3 is 1.86 bits per heavy atom. The second kappa shape index (κ2) is 8.54. The van der Waals surface area contributed by atoms with E-state index in [0.717, 1.165) is 71.1 Å². The van der Waals surface area contributed by atoms with Crippen LogP contribution in [0.1, 0.15) is 65.2 Å². The van der Waals surface area contributed by atoms with E-state index in [9.17, 15) is 9.59 Å². The summed E-state index contributed by atoms with van der Waals surface area (Å²) in [5, 5.41) is 0. The number of hydrogen-bond donors (Lipinski definition) is 0. The van der Waals surface area contributed by atoms with E-state index in [2.05, 4.69) is 6.92 Å². The van der Waals surface area contributed by atoms with Crippen LogP contribution in [0.15, 0.2) is 0 Å². The first-order valence-electron chi connectivity index (χ1n) is 9.21. The third-order valence-electron chi connectivity index (χ3n) is 5.30. The van der Waals surface area contributed by atoms with Crippen molar-refractivity contribution in [1.29, 1.82) is 0 Å². The highest BCUT2D eigenvalue weighted by molar-refractivity contribution is 5.80. The summed E-state index contributed by atoms with van der Waals surface area (Å²) in [6, 6.07) is 0. The molecule has 2 saturated heterocycles. The van der Waals surface area contributed by atoms with E-state index < -0.39 is 0 Å². The molecule has 2 atom stereocenters. The van der Waals surface area contributed by atoms with Crippen molar-refractivity contribution >= 4 is 11.8 Å². The molecule has 0 bridgehead atoms. The van der Waals surface area contributed by atoms with Gasteiger partial charge in [0.05, 0.1) is 0 Å². The van der Waals surface area contributed by atoms with Crippen LogP contribution in [0.25, 0.3) is 0 Å². The number of hydrogen-bond acceptors (Lipinski definition) is 2. The molecule has 0 aromatic rings. The van der Waals surface area contributed by atoms with Crippen molar-refractivity contribution in [1.82, 2.24) is 9.80 Å². The maximum absolute atomic E-state index is 12.5. The summed E-state index contributed by atoms with van der Waals surface area (Å²) in [5.74, 6) is 0.772. The lowest BCUT2D eigenvalue weighted by atomic mass is 9.92. The number of amides is 2. The maximum atomic E-state index is 12.5. The molecule has 22 heavy (non-hydrogen) atoms. The minimum atomic E-state index is 0.0542. The van der Waals surface area contributed by atoms with Gasteiger partial charge in [0.15, 0.2) is 0 Å². The minimum Gasteiger partial charge on any atom is -0.342 e. The highest BCUT2D eigenvalue weighted by atomic mass is 16.2. The summed E-state index contributed by atoms with van der Waals surface area (Å²) >= 11 is 0. The Balaban J connectivity index is 1.78. The third-order valence-corrected chi connectivity index (χ3v) is 5.30. The van der Waals surface area contributed by atoms with Crippen LogP contribution >= 0.6 is 0 Å². The van der Waals surface area contributed by atoms with E-state index in [1.807, 2.05) is 16.7 Å². The van der Waals surface area contributed by atoms with Crippen molar-refractivity contribution in [3.63, 3.8) is 0 Å². The predicted molar refractivity (Wildman–Crippen MR) is 88.4 cm³/mol. The summed E-state index contributed by atoms with van der Waals surface area (Å²) in [6.45, 7) is 7.83. The Morgan fingerprint density at radius 2 is 1.32 bits per heavy atom. The molecule has 2 unspecified atom stereocenters. The number of carbonyl (C=O) groups is 2. The smallest absolute Gasteiger partial charge is 0.225 e. The molecule has 0 radical (unpaired) electrons. The molecule has 126 valence electrons. The molecule has 2 aliphatic rings. The van der Waals surface area contributed by atoms with Gasteiger partial charge in [-0.05, 0) is 51.4 Å². The molecule has 0 spiro atoms. The van der Waals surface area contributed by atoms with Crippen LogP contribution in [0.4, 0.5) is 0 Å². The van der Waals surface area contributed by atoms with E-state index in [4.69, 9.17) is 0 Å². The molecule has 0 N–H and O–H groups in total. The van der Waals surface area contributed by atoms with Gasteiger partial charge in [-0.1, -0.05) is 13.8 Å². The number of likely N-dealkylation sites (tertiary alicyclic amines) is 2. The van der Waals surface area contributed by atoms with Crippen LogP contribution < -0.4 is 0 Å². The molecular formula is C18H32N2O2. The Bertz CT molecular complexity index is 371. The Morgan fingerprint density at radius 1 is 0.818 bits per heavy atom. The van der Waals surface area contributed by atoms with Crippen LogP contribution in [0.2, 0.25) is 0 Å². The molecule has 4 nitrogen and oxygen atoms in total. The van der Waals surface area contributed by atoms with Gasteiger partial charge in [-0.15, -0.1) is 0 Å². The van der Waals surface area contributed by atoms with Crippen molar-refractivity contribution in [2.45, 2.75) is 65.2 Å². The van der Waals surface area contributed by atoms with Crippen LogP contribution in [0.3, 0.4) is 0 Å². The van der Waals surface area contributed by atoms with Crippen LogP contribution in [-0.4, -0.2) is 47.8 Å². The van der Waals surface area contributed by atoms with E-state index in [0.29, 0.717) is 11.8 Å². The lowest BCUT2D eigenvalue weighted by molar-refractivity contribution is -0.138. The molecular weight excluding hydrogens is 276 g/mol. The van der Waals surface area contributed by atoms with Crippen LogP contribution in [-0.2, 0) is 9.59 Å². The van der Waals surface area contributed by atoms with Crippen molar-refractivity contribution < 1.29 is 9.59 Å². The van der Waals surface area contributed by atoms with Gasteiger partial charge in [-0.2, -0.15) is 0 Å². The topological polar surface area (TPSA) is 40.6 Å². The lowest BCUT2D eigenvalue weighted by Gasteiger charge is -2.30. The summed E-state index contributed by atoms with van der Waals surface area (Å²) in [7, 11) is 0. The molecule has 0 aromatic carbocycles. The van der Waals surface area contributed by atoms with Gasteiger partial charge >= 0.3 is 0 Å². The summed E-state index contributed by atoms with van der Waals surface area (Å²) in [5.41, 5.74) is 0. The largest absolute Gasteiger partial charge is 0.342 e. The van der Waals surface area contributed by atoms with E-state index in [1.54, 1.807) is 0 Å². The monoisotopic (exact) mass is 308 g/mol. The van der Waals surface area contributed by atoms with Gasteiger partial charge in [-0.25, -0.2) is 0 Å². The fourth-order valence-corrected chi connectivity index (χ4v) is 3.70. The van der Waals surface area contributed by atoms with Gasteiger partial charge in [-0.3, -0.25) is 9.59 Å². The number of nitrogens with zero attached hydrogens (tertiary/aromatic N) is 2. The van der Waals surface area contributed by atoms with Crippen molar-refractivity contribution in [2.75, 3.05) is 26.2 Å². The van der Waals surface area contributed by atoms with Crippen LogP contribution in [0, 0.1) is 11.8 Å². The lowest BCUT2D eigenvalue weighted by Crippen LogP contribution is -2.39. The zero-order valence-corrected chi connectivity index (χ0v) is 14.4. The van der Waals surface area contributed by atoms with E-state index in [-0.39, 0.29) is 11.8 Å². The fourth-order valence-electron chi connectivity index (χ4n) is 3.70. The molecule has 2 amide bonds. The minimum absolute atomic E-state index is 0.0542. The molecule has 2 fully saturated rings. The molecule has 0 aromatic heterocycles. The van der Waals surface area contributed by atoms with Crippen molar-refractivity contribution in [3.8, 4) is 0 Å². The average Bonchev–Trinajstić information content (AvgIpc) is 3.09. The third kappa shape index (κ3) is 4.47. The first kappa shape index (κ1) is 17.3. The number of piperidine rings is 1. The molecule has 2 heterocycles. The maximum Gasteiger partial charge on any atom is 0.225 e. The zero-order chi connectivity index (χ0) is 15.9. The highest BCUT2D eigenvalue weighted by Gasteiger charge is 2.27. The summed E-state index contributed by atoms with van der Waals surface area (Å²) in [6.07, 6.45) is 8.41. The second-order valence-electron chi connectivity index (χ2n) is 7.00. The average molecular weight is 308 g/mol. The zero-order valence-electron chi connectivity index (χ0n) is 14.4. The molecule has 0 saturated carbocycles. The van der Waals surface area contributed by atoms with Gasteiger partial charge < -0.3 is 9.80 Å². The Kier molecular flexibility index (Phi) is 6.71. The first-order valence-corrected chi connectivity index (χ1v) is 9.21. The standard InChI is InChI=1S/C18H32N2O2/c1-3-16(18(22)20-13-7-8-14-20)10-9-15(2)17(21)19-11-5-4-6-12-19/h15-16H,3-14H2,1-2H3. The predicted octanol–water partition coefficient (Wildman–Crippen LogP) is 3.06. The molecule has 0 aliphatic carbocycles. The van der Waals surface area contributed by atoms with Crippen LogP contribution in [0.5, 0.6) is 0 Å². The Hall–Kier alpha value is -1.06. The van der Waals surface area contributed by atoms with Crippen molar-refractivity contribution in [3.05, 3.63) is 0 Å². The van der Waals surface area contributed by atoms with Gasteiger partial charge in [0.1, 0.15) is 0 Å². The normalized spacial score (nSPS) is 21.7. The van der Waals surface area contributed by atoms with Gasteiger partial charge in [0, 0.05) is 38.0 Å². The van der Waals surface area contributed by atoms with Gasteiger partial charge in [0.2, 0.25) is 11.8 Å².